The zero-order chi connectivity index (χ0) is 8.27. The Kier molecular flexibility index (Phi) is 5.04. The molecule has 12 heavy (non-hydrogen) atoms. The fourth-order valence-corrected chi connectivity index (χ4v) is 1.36. The lowest BCUT2D eigenvalue weighted by atomic mass is 10.3. The van der Waals surface area contributed by atoms with Gasteiger partial charge in [-0.25, -0.2) is 0 Å². The van der Waals surface area contributed by atoms with Gasteiger partial charge in [-0.2, -0.15) is 0 Å². The number of benzene rings is 1. The largest absolute Gasteiger partial charge is 0.493 e. The minimum Gasteiger partial charge on any atom is -0.493 e. The van der Waals surface area contributed by atoms with Crippen molar-refractivity contribution in [2.45, 2.75) is 0 Å². The number of ether oxygens (including phenoxy) is 1. The minimum atomic E-state index is 0. The summed E-state index contributed by atoms with van der Waals surface area (Å²) in [5.41, 5.74) is 3.30. The van der Waals surface area contributed by atoms with Gasteiger partial charge >= 0.3 is 0 Å². The monoisotopic (exact) mass is 252 g/mol. The highest BCUT2D eigenvalue weighted by Crippen LogP contribution is 2.31. The number of hydrogen-bond donors (Lipinski definition) is 2. The van der Waals surface area contributed by atoms with Gasteiger partial charge in [0.25, 0.3) is 0 Å². The van der Waals surface area contributed by atoms with E-state index in [2.05, 4.69) is 21.4 Å². The van der Waals surface area contributed by atoms with E-state index >= 15 is 0 Å². The van der Waals surface area contributed by atoms with Crippen molar-refractivity contribution >= 4 is 34.0 Å². The first-order chi connectivity index (χ1) is 5.29. The average molecular weight is 254 g/mol. The zero-order valence-corrected chi connectivity index (χ0v) is 8.91. The first-order valence-electron chi connectivity index (χ1n) is 3.08. The number of hydrogen-bond acceptors (Lipinski definition) is 3. The summed E-state index contributed by atoms with van der Waals surface area (Å²) in [7, 11) is 1.60. The Balaban J connectivity index is 0.00000121. The van der Waals surface area contributed by atoms with Crippen molar-refractivity contribution < 1.29 is 4.74 Å². The van der Waals surface area contributed by atoms with Crippen molar-refractivity contribution in [2.75, 3.05) is 12.5 Å². The summed E-state index contributed by atoms with van der Waals surface area (Å²) >= 11 is 3.33. The molecule has 0 radical (unpaired) electrons. The van der Waals surface area contributed by atoms with E-state index in [1.54, 1.807) is 7.11 Å². The van der Waals surface area contributed by atoms with Gasteiger partial charge in [-0.05, 0) is 28.1 Å². The van der Waals surface area contributed by atoms with Crippen LogP contribution in [0.1, 0.15) is 0 Å². The Morgan fingerprint density at radius 3 is 2.58 bits per heavy atom. The molecule has 1 aromatic carbocycles. The highest BCUT2D eigenvalue weighted by molar-refractivity contribution is 9.10. The summed E-state index contributed by atoms with van der Waals surface area (Å²) < 4.78 is 5.96. The van der Waals surface area contributed by atoms with E-state index in [4.69, 9.17) is 10.6 Å². The minimum absolute atomic E-state index is 0. The quantitative estimate of drug-likeness (QED) is 0.627. The predicted molar refractivity (Wildman–Crippen MR) is 55.8 cm³/mol. The maximum Gasteiger partial charge on any atom is 0.157 e. The third kappa shape index (κ3) is 2.27. The molecule has 0 saturated heterocycles. The fraction of sp³-hybridized carbons (Fsp3) is 0.143. The van der Waals surface area contributed by atoms with Gasteiger partial charge in [-0.15, -0.1) is 12.4 Å². The van der Waals surface area contributed by atoms with E-state index in [0.717, 1.165) is 15.9 Å². The van der Waals surface area contributed by atoms with Crippen LogP contribution in [0.3, 0.4) is 0 Å². The van der Waals surface area contributed by atoms with Crippen LogP contribution in [0.15, 0.2) is 22.7 Å². The van der Waals surface area contributed by atoms with Crippen LogP contribution in [0.4, 0.5) is 5.69 Å². The lowest BCUT2D eigenvalue weighted by Gasteiger charge is -2.08. The standard InChI is InChI=1S/C7H9BrN2O.ClH/c1-11-7-5(8)3-2-4-6(7)10-9;/h2-4,10H,9H2,1H3;1H. The number of halogens is 2. The van der Waals surface area contributed by atoms with Gasteiger partial charge in [0, 0.05) is 0 Å². The SMILES string of the molecule is COc1c(Br)cccc1NN.Cl. The zero-order valence-electron chi connectivity index (χ0n) is 6.50. The Hall–Kier alpha value is -0.450. The van der Waals surface area contributed by atoms with Crippen LogP contribution in [0.2, 0.25) is 0 Å². The van der Waals surface area contributed by atoms with Gasteiger partial charge in [-0.1, -0.05) is 6.07 Å². The van der Waals surface area contributed by atoms with E-state index in [0.29, 0.717) is 0 Å². The van der Waals surface area contributed by atoms with Crippen molar-refractivity contribution in [1.29, 1.82) is 0 Å². The molecule has 0 fully saturated rings. The van der Waals surface area contributed by atoms with Gasteiger partial charge in [-0.3, -0.25) is 5.84 Å². The summed E-state index contributed by atoms with van der Waals surface area (Å²) in [5.74, 6) is 5.96. The summed E-state index contributed by atoms with van der Waals surface area (Å²) in [5, 5.41) is 0. The lowest BCUT2D eigenvalue weighted by Crippen LogP contribution is -2.08. The number of anilines is 1. The van der Waals surface area contributed by atoms with Crippen LogP contribution < -0.4 is 16.0 Å². The number of methoxy groups -OCH3 is 1. The van der Waals surface area contributed by atoms with Crippen molar-refractivity contribution in [3.05, 3.63) is 22.7 Å². The molecule has 1 rings (SSSR count). The summed E-state index contributed by atoms with van der Waals surface area (Å²) in [4.78, 5) is 0. The highest BCUT2D eigenvalue weighted by Gasteiger charge is 2.03. The van der Waals surface area contributed by atoms with Gasteiger partial charge < -0.3 is 10.2 Å². The molecule has 3 N–H and O–H groups in total. The predicted octanol–water partition coefficient (Wildman–Crippen LogP) is 2.17. The topological polar surface area (TPSA) is 47.3 Å². The van der Waals surface area contributed by atoms with E-state index in [9.17, 15) is 0 Å². The maximum absolute atomic E-state index is 5.24. The average Bonchev–Trinajstić information content (AvgIpc) is 2.04. The third-order valence-corrected chi connectivity index (χ3v) is 1.95. The van der Waals surface area contributed by atoms with E-state index in [-0.39, 0.29) is 12.4 Å². The van der Waals surface area contributed by atoms with E-state index in [1.165, 1.54) is 0 Å². The van der Waals surface area contributed by atoms with Crippen LogP contribution in [0.25, 0.3) is 0 Å². The summed E-state index contributed by atoms with van der Waals surface area (Å²) in [6, 6.07) is 5.60. The Labute approximate surface area is 85.8 Å². The lowest BCUT2D eigenvalue weighted by molar-refractivity contribution is 0.414. The fourth-order valence-electron chi connectivity index (χ4n) is 0.830. The number of nitrogens with two attached hydrogens (primary N) is 1. The molecule has 0 aliphatic rings. The molecule has 1 aromatic rings. The summed E-state index contributed by atoms with van der Waals surface area (Å²) in [6.45, 7) is 0. The second-order valence-electron chi connectivity index (χ2n) is 1.96. The molecule has 0 unspecified atom stereocenters. The first-order valence-corrected chi connectivity index (χ1v) is 3.88. The van der Waals surface area contributed by atoms with E-state index in [1.807, 2.05) is 18.2 Å². The smallest absolute Gasteiger partial charge is 0.157 e. The molecule has 68 valence electrons. The van der Waals surface area contributed by atoms with Gasteiger partial charge in [0.1, 0.15) is 0 Å². The second kappa shape index (κ2) is 5.24. The van der Waals surface area contributed by atoms with Crippen LogP contribution in [-0.2, 0) is 0 Å². The molecule has 0 aliphatic heterocycles. The van der Waals surface area contributed by atoms with Gasteiger partial charge in [0.2, 0.25) is 0 Å². The number of nitrogen functional groups attached to an aromatic ring is 1. The van der Waals surface area contributed by atoms with Crippen molar-refractivity contribution in [3.8, 4) is 5.75 Å². The van der Waals surface area contributed by atoms with Gasteiger partial charge in [0.05, 0.1) is 17.3 Å². The van der Waals surface area contributed by atoms with Crippen molar-refractivity contribution in [3.63, 3.8) is 0 Å². The van der Waals surface area contributed by atoms with Crippen molar-refractivity contribution in [1.82, 2.24) is 0 Å². The molecule has 0 spiro atoms. The number of hydrazine groups is 1. The number of nitrogens with one attached hydrogen (secondary N) is 1. The normalized spacial score (nSPS) is 8.58. The first kappa shape index (κ1) is 11.6. The molecule has 0 atom stereocenters. The molecule has 0 bridgehead atoms. The molecule has 0 heterocycles. The maximum atomic E-state index is 5.24. The second-order valence-corrected chi connectivity index (χ2v) is 2.82. The van der Waals surface area contributed by atoms with Crippen molar-refractivity contribution in [2.24, 2.45) is 5.84 Å². The Morgan fingerprint density at radius 1 is 1.50 bits per heavy atom. The Bertz CT molecular complexity index is 257. The van der Waals surface area contributed by atoms with Crippen LogP contribution >= 0.6 is 28.3 Å². The highest BCUT2D eigenvalue weighted by atomic mass is 79.9. The molecule has 0 saturated carbocycles. The molecule has 0 aliphatic carbocycles. The summed E-state index contributed by atoms with van der Waals surface area (Å²) in [6.07, 6.45) is 0. The molecular formula is C7H10BrClN2O. The Morgan fingerprint density at radius 2 is 2.17 bits per heavy atom. The van der Waals surface area contributed by atoms with Gasteiger partial charge in [0.15, 0.2) is 5.75 Å². The van der Waals surface area contributed by atoms with Crippen LogP contribution in [-0.4, -0.2) is 7.11 Å². The number of rotatable bonds is 2. The molecule has 0 aromatic heterocycles. The molecule has 5 heteroatoms. The third-order valence-electron chi connectivity index (χ3n) is 1.33. The molecule has 0 amide bonds. The van der Waals surface area contributed by atoms with Crippen LogP contribution in [0.5, 0.6) is 5.75 Å². The molecular weight excluding hydrogens is 243 g/mol. The van der Waals surface area contributed by atoms with Crippen LogP contribution in [0, 0.1) is 0 Å². The van der Waals surface area contributed by atoms with E-state index < -0.39 is 0 Å². The molecule has 3 nitrogen and oxygen atoms in total. The number of para-hydroxylation sites is 1.